The second-order valence-corrected chi connectivity index (χ2v) is 4.81. The van der Waals surface area contributed by atoms with Crippen LogP contribution in [0.25, 0.3) is 17.5 Å². The van der Waals surface area contributed by atoms with Gasteiger partial charge in [0.1, 0.15) is 0 Å². The zero-order valence-electron chi connectivity index (χ0n) is 10.2. The molecule has 0 amide bonds. The van der Waals surface area contributed by atoms with E-state index >= 15 is 0 Å². The van der Waals surface area contributed by atoms with E-state index in [9.17, 15) is 0 Å². The van der Waals surface area contributed by atoms with Gasteiger partial charge >= 0.3 is 0 Å². The van der Waals surface area contributed by atoms with Gasteiger partial charge in [-0.05, 0) is 35.2 Å². The summed E-state index contributed by atoms with van der Waals surface area (Å²) in [7, 11) is 0. The predicted molar refractivity (Wildman–Crippen MR) is 75.4 cm³/mol. The smallest absolute Gasteiger partial charge is 0.0556 e. The van der Waals surface area contributed by atoms with Gasteiger partial charge in [-0.1, -0.05) is 44.2 Å². The molecule has 0 saturated carbocycles. The van der Waals surface area contributed by atoms with Crippen LogP contribution in [-0.4, -0.2) is 4.57 Å². The third-order valence-electron chi connectivity index (χ3n) is 2.88. The Balaban J connectivity index is 2.59. The summed E-state index contributed by atoms with van der Waals surface area (Å²) >= 11 is 5.92. The molecule has 1 aromatic carbocycles. The van der Waals surface area contributed by atoms with Crippen molar-refractivity contribution in [3.8, 4) is 11.3 Å². The molecule has 2 heteroatoms. The minimum atomic E-state index is 0.488. The Kier molecular flexibility index (Phi) is 3.39. The maximum absolute atomic E-state index is 5.92. The molecule has 1 heterocycles. The van der Waals surface area contributed by atoms with E-state index in [0.29, 0.717) is 5.92 Å². The van der Waals surface area contributed by atoms with Gasteiger partial charge in [-0.3, -0.25) is 0 Å². The Morgan fingerprint density at radius 3 is 2.35 bits per heavy atom. The van der Waals surface area contributed by atoms with Gasteiger partial charge in [0.2, 0.25) is 0 Å². The topological polar surface area (TPSA) is 4.93 Å². The lowest BCUT2D eigenvalue weighted by Crippen LogP contribution is -1.94. The number of nitrogens with zero attached hydrogens (tertiary/aromatic N) is 1. The first-order chi connectivity index (χ1) is 8.13. The van der Waals surface area contributed by atoms with Gasteiger partial charge in [0.05, 0.1) is 5.69 Å². The molecule has 2 rings (SSSR count). The molecule has 0 atom stereocenters. The van der Waals surface area contributed by atoms with Crippen molar-refractivity contribution in [2.45, 2.75) is 19.8 Å². The minimum Gasteiger partial charge on any atom is -0.324 e. The van der Waals surface area contributed by atoms with E-state index in [2.05, 4.69) is 31.1 Å². The van der Waals surface area contributed by atoms with Crippen molar-refractivity contribution in [1.29, 1.82) is 0 Å². The Labute approximate surface area is 107 Å². The SMILES string of the molecule is C=Cn1ccc(C(C)C)c1-c1ccc(Cl)cc1. The van der Waals surface area contributed by atoms with E-state index in [1.807, 2.05) is 36.7 Å². The first-order valence-electron chi connectivity index (χ1n) is 5.72. The van der Waals surface area contributed by atoms with Gasteiger partial charge in [-0.15, -0.1) is 0 Å². The Morgan fingerprint density at radius 2 is 1.82 bits per heavy atom. The molecule has 17 heavy (non-hydrogen) atoms. The molecule has 1 nitrogen and oxygen atoms in total. The molecule has 2 aromatic rings. The largest absolute Gasteiger partial charge is 0.324 e. The van der Waals surface area contributed by atoms with Gasteiger partial charge in [-0.25, -0.2) is 0 Å². The van der Waals surface area contributed by atoms with Crippen LogP contribution < -0.4 is 0 Å². The molecule has 0 aliphatic rings. The van der Waals surface area contributed by atoms with Crippen LogP contribution in [0.1, 0.15) is 25.3 Å². The Morgan fingerprint density at radius 1 is 1.18 bits per heavy atom. The quantitative estimate of drug-likeness (QED) is 0.715. The number of rotatable bonds is 3. The summed E-state index contributed by atoms with van der Waals surface area (Å²) < 4.78 is 2.05. The molecule has 0 radical (unpaired) electrons. The highest BCUT2D eigenvalue weighted by Gasteiger charge is 2.12. The van der Waals surface area contributed by atoms with Crippen molar-refractivity contribution in [2.75, 3.05) is 0 Å². The van der Waals surface area contributed by atoms with E-state index in [0.717, 1.165) is 5.02 Å². The summed E-state index contributed by atoms with van der Waals surface area (Å²) in [6, 6.07) is 10.1. The molecular formula is C15H16ClN. The Bertz CT molecular complexity index is 520. The second kappa shape index (κ2) is 4.80. The molecule has 0 spiro atoms. The van der Waals surface area contributed by atoms with E-state index in [-0.39, 0.29) is 0 Å². The van der Waals surface area contributed by atoms with E-state index in [1.165, 1.54) is 16.8 Å². The molecule has 0 saturated heterocycles. The fraction of sp³-hybridized carbons (Fsp3) is 0.200. The van der Waals surface area contributed by atoms with Crippen LogP contribution >= 0.6 is 11.6 Å². The average Bonchev–Trinajstić information content (AvgIpc) is 2.73. The van der Waals surface area contributed by atoms with Crippen molar-refractivity contribution in [1.82, 2.24) is 4.57 Å². The van der Waals surface area contributed by atoms with Gasteiger partial charge < -0.3 is 4.57 Å². The summed E-state index contributed by atoms with van der Waals surface area (Å²) in [6.07, 6.45) is 3.88. The molecule has 0 aliphatic heterocycles. The molecular weight excluding hydrogens is 230 g/mol. The highest BCUT2D eigenvalue weighted by atomic mass is 35.5. The lowest BCUT2D eigenvalue weighted by Gasteiger charge is -2.11. The first kappa shape index (κ1) is 12.0. The van der Waals surface area contributed by atoms with Crippen molar-refractivity contribution in [3.63, 3.8) is 0 Å². The van der Waals surface area contributed by atoms with Gasteiger partial charge in [-0.2, -0.15) is 0 Å². The molecule has 0 fully saturated rings. The highest BCUT2D eigenvalue weighted by molar-refractivity contribution is 6.30. The number of hydrogen-bond donors (Lipinski definition) is 0. The van der Waals surface area contributed by atoms with Crippen LogP contribution in [0, 0.1) is 0 Å². The van der Waals surface area contributed by atoms with Crippen LogP contribution in [0.3, 0.4) is 0 Å². The van der Waals surface area contributed by atoms with E-state index in [4.69, 9.17) is 11.6 Å². The second-order valence-electron chi connectivity index (χ2n) is 4.37. The fourth-order valence-corrected chi connectivity index (χ4v) is 2.13. The number of benzene rings is 1. The van der Waals surface area contributed by atoms with Crippen LogP contribution in [-0.2, 0) is 0 Å². The lowest BCUT2D eigenvalue weighted by atomic mass is 9.99. The fourth-order valence-electron chi connectivity index (χ4n) is 2.00. The molecule has 0 aliphatic carbocycles. The molecule has 0 unspecified atom stereocenters. The summed E-state index contributed by atoms with van der Waals surface area (Å²) in [5.74, 6) is 0.488. The van der Waals surface area contributed by atoms with Crippen molar-refractivity contribution in [2.24, 2.45) is 0 Å². The summed E-state index contributed by atoms with van der Waals surface area (Å²) in [4.78, 5) is 0. The van der Waals surface area contributed by atoms with Crippen molar-refractivity contribution in [3.05, 3.63) is 53.7 Å². The molecule has 1 aromatic heterocycles. The third kappa shape index (κ3) is 2.29. The first-order valence-corrected chi connectivity index (χ1v) is 6.10. The van der Waals surface area contributed by atoms with Crippen LogP contribution in [0.2, 0.25) is 5.02 Å². The van der Waals surface area contributed by atoms with Crippen LogP contribution in [0.5, 0.6) is 0 Å². The number of halogens is 1. The minimum absolute atomic E-state index is 0.488. The summed E-state index contributed by atoms with van der Waals surface area (Å²) in [5, 5.41) is 0.761. The zero-order valence-corrected chi connectivity index (χ0v) is 10.9. The number of hydrogen-bond acceptors (Lipinski definition) is 0. The Hall–Kier alpha value is -1.47. The standard InChI is InChI=1S/C15H16ClN/c1-4-17-10-9-14(11(2)3)15(17)12-5-7-13(16)8-6-12/h4-11H,1H2,2-3H3. The predicted octanol–water partition coefficient (Wildman–Crippen LogP) is 5.03. The van der Waals surface area contributed by atoms with E-state index in [1.54, 1.807) is 0 Å². The zero-order chi connectivity index (χ0) is 12.4. The highest BCUT2D eigenvalue weighted by Crippen LogP contribution is 2.31. The van der Waals surface area contributed by atoms with Crippen molar-refractivity contribution < 1.29 is 0 Å². The van der Waals surface area contributed by atoms with Gasteiger partial charge in [0.25, 0.3) is 0 Å². The molecule has 0 N–H and O–H groups in total. The number of aromatic nitrogens is 1. The van der Waals surface area contributed by atoms with Crippen LogP contribution in [0.15, 0.2) is 43.1 Å². The molecule has 88 valence electrons. The van der Waals surface area contributed by atoms with Crippen LogP contribution in [0.4, 0.5) is 0 Å². The third-order valence-corrected chi connectivity index (χ3v) is 3.13. The van der Waals surface area contributed by atoms with E-state index < -0.39 is 0 Å². The van der Waals surface area contributed by atoms with Gasteiger partial charge in [0.15, 0.2) is 0 Å². The maximum Gasteiger partial charge on any atom is 0.0556 e. The molecule has 0 bridgehead atoms. The summed E-state index contributed by atoms with van der Waals surface area (Å²) in [6.45, 7) is 8.24. The summed E-state index contributed by atoms with van der Waals surface area (Å²) in [5.41, 5.74) is 3.70. The monoisotopic (exact) mass is 245 g/mol. The average molecular weight is 246 g/mol. The van der Waals surface area contributed by atoms with Gasteiger partial charge in [0, 0.05) is 17.4 Å². The maximum atomic E-state index is 5.92. The lowest BCUT2D eigenvalue weighted by molar-refractivity contribution is 0.869. The normalized spacial score (nSPS) is 10.8. The van der Waals surface area contributed by atoms with Crippen molar-refractivity contribution >= 4 is 17.8 Å².